The number of carboxylic acids is 1. The topological polar surface area (TPSA) is 66.4 Å². The van der Waals surface area contributed by atoms with Crippen LogP contribution in [0, 0.1) is 0 Å². The fraction of sp³-hybridized carbons (Fsp3) is 0.714. The molecule has 1 atom stereocenters. The first kappa shape index (κ1) is 10.1. The maximum atomic E-state index is 10.7. The molecule has 0 radical (unpaired) electrons. The van der Waals surface area contributed by atoms with Crippen LogP contribution in [0.3, 0.4) is 0 Å². The summed E-state index contributed by atoms with van der Waals surface area (Å²) in [5, 5.41) is 11.1. The molecule has 0 unspecified atom stereocenters. The summed E-state index contributed by atoms with van der Waals surface area (Å²) in [6.45, 7) is 5.24. The monoisotopic (exact) mass is 159 g/mol. The van der Waals surface area contributed by atoms with Crippen molar-refractivity contribution in [1.29, 1.82) is 0 Å². The predicted molar refractivity (Wildman–Crippen MR) is 40.4 cm³/mol. The highest BCUT2D eigenvalue weighted by Crippen LogP contribution is 1.88. The van der Waals surface area contributed by atoms with Crippen LogP contribution in [-0.4, -0.2) is 28.9 Å². The second-order valence-electron chi connectivity index (χ2n) is 2.71. The minimum Gasteiger partial charge on any atom is -0.475 e. The largest absolute Gasteiger partial charge is 0.475 e. The van der Waals surface area contributed by atoms with Crippen LogP contribution in [0.5, 0.6) is 0 Å². The molecule has 0 aliphatic heterocycles. The van der Waals surface area contributed by atoms with E-state index in [1.807, 2.05) is 13.8 Å². The van der Waals surface area contributed by atoms with Crippen LogP contribution in [0.15, 0.2) is 0 Å². The number of ketones is 1. The lowest BCUT2D eigenvalue weighted by molar-refractivity contribution is -0.149. The minimum absolute atomic E-state index is 0.119. The van der Waals surface area contributed by atoms with Gasteiger partial charge in [-0.1, -0.05) is 13.8 Å². The summed E-state index contributed by atoms with van der Waals surface area (Å²) in [6, 6.07) is -0.485. The molecule has 11 heavy (non-hydrogen) atoms. The Bertz CT molecular complexity index is 165. The fourth-order valence-electron chi connectivity index (χ4n) is 0.761. The molecule has 4 heteroatoms. The van der Waals surface area contributed by atoms with Crippen LogP contribution in [0.25, 0.3) is 0 Å². The number of carbonyl (C=O) groups excluding carboxylic acids is 1. The van der Waals surface area contributed by atoms with E-state index in [1.165, 1.54) is 6.92 Å². The van der Waals surface area contributed by atoms with E-state index in [0.717, 1.165) is 0 Å². The van der Waals surface area contributed by atoms with Crippen molar-refractivity contribution in [2.45, 2.75) is 32.9 Å². The van der Waals surface area contributed by atoms with Gasteiger partial charge in [-0.05, 0) is 6.92 Å². The van der Waals surface area contributed by atoms with Gasteiger partial charge >= 0.3 is 5.97 Å². The van der Waals surface area contributed by atoms with Crippen molar-refractivity contribution < 1.29 is 14.7 Å². The molecule has 0 spiro atoms. The summed E-state index contributed by atoms with van der Waals surface area (Å²) in [5.74, 6) is -2.18. The molecule has 4 nitrogen and oxygen atoms in total. The quantitative estimate of drug-likeness (QED) is 0.568. The van der Waals surface area contributed by atoms with Crippen LogP contribution in [-0.2, 0) is 9.59 Å². The third-order valence-electron chi connectivity index (χ3n) is 1.19. The molecule has 0 fully saturated rings. The number of rotatable bonds is 4. The Labute approximate surface area is 65.6 Å². The van der Waals surface area contributed by atoms with Crippen molar-refractivity contribution in [1.82, 2.24) is 5.32 Å². The second-order valence-corrected chi connectivity index (χ2v) is 2.71. The van der Waals surface area contributed by atoms with Gasteiger partial charge in [0.25, 0.3) is 5.78 Å². The molecular weight excluding hydrogens is 146 g/mol. The van der Waals surface area contributed by atoms with Crippen molar-refractivity contribution >= 4 is 11.8 Å². The molecule has 64 valence electrons. The third kappa shape index (κ3) is 3.72. The van der Waals surface area contributed by atoms with Gasteiger partial charge in [-0.15, -0.1) is 0 Å². The zero-order valence-electron chi connectivity index (χ0n) is 6.92. The van der Waals surface area contributed by atoms with Gasteiger partial charge in [0.1, 0.15) is 0 Å². The molecule has 0 amide bonds. The van der Waals surface area contributed by atoms with Gasteiger partial charge in [0.05, 0.1) is 6.04 Å². The molecular formula is C7H13NO3. The van der Waals surface area contributed by atoms with E-state index in [-0.39, 0.29) is 6.04 Å². The maximum Gasteiger partial charge on any atom is 0.373 e. The van der Waals surface area contributed by atoms with Crippen LogP contribution in [0.4, 0.5) is 0 Å². The lowest BCUT2D eigenvalue weighted by Crippen LogP contribution is -2.41. The van der Waals surface area contributed by atoms with E-state index >= 15 is 0 Å². The number of nitrogens with one attached hydrogen (secondary N) is 1. The van der Waals surface area contributed by atoms with Gasteiger partial charge in [0.2, 0.25) is 0 Å². The Kier molecular flexibility index (Phi) is 3.74. The van der Waals surface area contributed by atoms with Crippen LogP contribution >= 0.6 is 0 Å². The van der Waals surface area contributed by atoms with Gasteiger partial charge in [0.15, 0.2) is 0 Å². The average Bonchev–Trinajstić information content (AvgIpc) is 1.84. The molecule has 0 heterocycles. The molecule has 2 N–H and O–H groups in total. The summed E-state index contributed by atoms with van der Waals surface area (Å²) in [4.78, 5) is 20.8. The molecule has 0 bridgehead atoms. The number of hydrogen-bond acceptors (Lipinski definition) is 3. The molecule has 0 aromatic rings. The normalized spacial score (nSPS) is 13.1. The third-order valence-corrected chi connectivity index (χ3v) is 1.19. The molecule has 0 aliphatic rings. The highest BCUT2D eigenvalue weighted by atomic mass is 16.4. The predicted octanol–water partition coefficient (Wildman–Crippen LogP) is 0.0266. The van der Waals surface area contributed by atoms with Gasteiger partial charge < -0.3 is 10.4 Å². The van der Waals surface area contributed by atoms with Crippen molar-refractivity contribution in [2.75, 3.05) is 0 Å². The summed E-state index contributed by atoms with van der Waals surface area (Å²) in [5.41, 5.74) is 0. The molecule has 0 aromatic carbocycles. The van der Waals surface area contributed by atoms with E-state index in [2.05, 4.69) is 5.32 Å². The van der Waals surface area contributed by atoms with Crippen molar-refractivity contribution in [3.63, 3.8) is 0 Å². The molecule has 0 saturated heterocycles. The van der Waals surface area contributed by atoms with Gasteiger partial charge in [-0.2, -0.15) is 0 Å². The number of carbonyl (C=O) groups is 2. The Morgan fingerprint density at radius 2 is 1.73 bits per heavy atom. The van der Waals surface area contributed by atoms with Gasteiger partial charge in [0, 0.05) is 6.04 Å². The van der Waals surface area contributed by atoms with E-state index in [4.69, 9.17) is 5.11 Å². The van der Waals surface area contributed by atoms with Crippen molar-refractivity contribution in [3.05, 3.63) is 0 Å². The zero-order valence-corrected chi connectivity index (χ0v) is 6.92. The second kappa shape index (κ2) is 4.08. The summed E-state index contributed by atoms with van der Waals surface area (Å²) in [7, 11) is 0. The summed E-state index contributed by atoms with van der Waals surface area (Å²) in [6.07, 6.45) is 0. The number of aliphatic carboxylic acids is 1. The lowest BCUT2D eigenvalue weighted by atomic mass is 10.2. The average molecular weight is 159 g/mol. The van der Waals surface area contributed by atoms with Crippen LogP contribution < -0.4 is 5.32 Å². The Morgan fingerprint density at radius 1 is 1.27 bits per heavy atom. The minimum atomic E-state index is -1.38. The number of hydrogen-bond donors (Lipinski definition) is 2. The maximum absolute atomic E-state index is 10.7. The van der Waals surface area contributed by atoms with Crippen molar-refractivity contribution in [2.24, 2.45) is 0 Å². The highest BCUT2D eigenvalue weighted by molar-refractivity contribution is 6.34. The SMILES string of the molecule is CC(C)N[C@@H](C)C(=O)C(=O)O. The van der Waals surface area contributed by atoms with Gasteiger partial charge in [-0.3, -0.25) is 4.79 Å². The Hall–Kier alpha value is -0.900. The molecule has 0 aromatic heterocycles. The smallest absolute Gasteiger partial charge is 0.373 e. The van der Waals surface area contributed by atoms with Crippen LogP contribution in [0.2, 0.25) is 0 Å². The van der Waals surface area contributed by atoms with Gasteiger partial charge in [-0.25, -0.2) is 4.79 Å². The number of carboxylic acid groups (broad SMARTS) is 1. The van der Waals surface area contributed by atoms with Crippen molar-refractivity contribution in [3.8, 4) is 0 Å². The first-order valence-electron chi connectivity index (χ1n) is 3.48. The highest BCUT2D eigenvalue weighted by Gasteiger charge is 2.19. The first-order valence-corrected chi connectivity index (χ1v) is 3.48. The van der Waals surface area contributed by atoms with E-state index in [1.54, 1.807) is 0 Å². The van der Waals surface area contributed by atoms with E-state index in [0.29, 0.717) is 0 Å². The van der Waals surface area contributed by atoms with E-state index in [9.17, 15) is 9.59 Å². The van der Waals surface area contributed by atoms with E-state index < -0.39 is 17.8 Å². The molecule has 0 aliphatic carbocycles. The fourth-order valence-corrected chi connectivity index (χ4v) is 0.761. The van der Waals surface area contributed by atoms with Crippen LogP contribution in [0.1, 0.15) is 20.8 Å². The summed E-state index contributed by atoms with van der Waals surface area (Å²) >= 11 is 0. The molecule has 0 saturated carbocycles. The zero-order chi connectivity index (χ0) is 9.02. The Morgan fingerprint density at radius 3 is 2.00 bits per heavy atom. The number of Topliss-reactive ketones (excluding diaryl/α,β-unsaturated/α-hetero) is 1. The molecule has 0 rings (SSSR count). The Balaban J connectivity index is 3.93. The summed E-state index contributed by atoms with van der Waals surface area (Å²) < 4.78 is 0. The lowest BCUT2D eigenvalue weighted by Gasteiger charge is -2.12. The standard InChI is InChI=1S/C7H13NO3/c1-4(2)8-5(3)6(9)7(10)11/h4-5,8H,1-3H3,(H,10,11)/t5-/m0/s1. The first-order chi connectivity index (χ1) is 4.95.